The Hall–Kier alpha value is -1.58. The molecule has 0 aliphatic rings. The van der Waals surface area contributed by atoms with Crippen LogP contribution in [0.2, 0.25) is 0 Å². The molecule has 0 heterocycles. The molecule has 1 rings (SSSR count). The number of hydrogen-bond acceptors (Lipinski definition) is 3. The van der Waals surface area contributed by atoms with E-state index in [9.17, 15) is 9.18 Å². The summed E-state index contributed by atoms with van der Waals surface area (Å²) in [5, 5.41) is 0. The summed E-state index contributed by atoms with van der Waals surface area (Å²) in [5.41, 5.74) is 0.784. The summed E-state index contributed by atoms with van der Waals surface area (Å²) >= 11 is 0. The maximum atomic E-state index is 13.5. The van der Waals surface area contributed by atoms with Gasteiger partial charge < -0.3 is 14.4 Å². The predicted molar refractivity (Wildman–Crippen MR) is 66.1 cm³/mol. The van der Waals surface area contributed by atoms with Gasteiger partial charge in [0.15, 0.2) is 11.6 Å². The zero-order chi connectivity index (χ0) is 12.8. The van der Waals surface area contributed by atoms with Crippen molar-refractivity contribution in [2.45, 2.75) is 19.8 Å². The van der Waals surface area contributed by atoms with Gasteiger partial charge in [-0.25, -0.2) is 4.39 Å². The standard InChI is InChI=1S/C13H18FNO2/c1-10(16)5-4-8-15(2)11-6-7-13(17-3)12(14)9-11/h6-7,9H,4-5,8H2,1-3H3. The van der Waals surface area contributed by atoms with Gasteiger partial charge in [0.25, 0.3) is 0 Å². The number of ketones is 1. The lowest BCUT2D eigenvalue weighted by atomic mass is 10.2. The number of benzene rings is 1. The van der Waals surface area contributed by atoms with Gasteiger partial charge in [0.2, 0.25) is 0 Å². The Balaban J connectivity index is 2.59. The molecule has 3 nitrogen and oxygen atoms in total. The Morgan fingerprint density at radius 3 is 2.71 bits per heavy atom. The number of nitrogens with zero attached hydrogens (tertiary/aromatic N) is 1. The Morgan fingerprint density at radius 2 is 2.18 bits per heavy atom. The van der Waals surface area contributed by atoms with Crippen LogP contribution in [0, 0.1) is 5.82 Å². The Labute approximate surface area is 101 Å². The van der Waals surface area contributed by atoms with Crippen molar-refractivity contribution in [2.24, 2.45) is 0 Å². The topological polar surface area (TPSA) is 29.5 Å². The van der Waals surface area contributed by atoms with E-state index < -0.39 is 0 Å². The number of hydrogen-bond donors (Lipinski definition) is 0. The molecule has 0 saturated heterocycles. The van der Waals surface area contributed by atoms with Gasteiger partial charge in [-0.2, -0.15) is 0 Å². The molecule has 94 valence electrons. The van der Waals surface area contributed by atoms with Crippen LogP contribution in [-0.4, -0.2) is 26.5 Å². The monoisotopic (exact) mass is 239 g/mol. The first kappa shape index (κ1) is 13.5. The highest BCUT2D eigenvalue weighted by Crippen LogP contribution is 2.22. The Kier molecular flexibility index (Phi) is 4.94. The van der Waals surface area contributed by atoms with Crippen LogP contribution in [0.15, 0.2) is 18.2 Å². The lowest BCUT2D eigenvalue weighted by Gasteiger charge is -2.19. The smallest absolute Gasteiger partial charge is 0.167 e. The average Bonchev–Trinajstić information content (AvgIpc) is 2.28. The molecule has 1 aromatic carbocycles. The van der Waals surface area contributed by atoms with Gasteiger partial charge in [0, 0.05) is 31.8 Å². The third-order valence-electron chi connectivity index (χ3n) is 2.60. The number of methoxy groups -OCH3 is 1. The second-order valence-electron chi connectivity index (χ2n) is 4.05. The molecule has 0 amide bonds. The van der Waals surface area contributed by atoms with Gasteiger partial charge >= 0.3 is 0 Å². The van der Waals surface area contributed by atoms with Gasteiger partial charge in [-0.15, -0.1) is 0 Å². The van der Waals surface area contributed by atoms with E-state index in [1.807, 2.05) is 11.9 Å². The van der Waals surface area contributed by atoms with Crippen LogP contribution < -0.4 is 9.64 Å². The van der Waals surface area contributed by atoms with Crippen molar-refractivity contribution in [3.05, 3.63) is 24.0 Å². The normalized spacial score (nSPS) is 10.1. The maximum Gasteiger partial charge on any atom is 0.167 e. The van der Waals surface area contributed by atoms with Crippen molar-refractivity contribution in [3.63, 3.8) is 0 Å². The van der Waals surface area contributed by atoms with E-state index in [1.54, 1.807) is 19.1 Å². The Bertz CT molecular complexity index is 393. The molecule has 0 aliphatic heterocycles. The lowest BCUT2D eigenvalue weighted by molar-refractivity contribution is -0.117. The highest BCUT2D eigenvalue weighted by molar-refractivity contribution is 5.75. The van der Waals surface area contributed by atoms with E-state index in [-0.39, 0.29) is 17.3 Å². The highest BCUT2D eigenvalue weighted by atomic mass is 19.1. The number of Topliss-reactive ketones (excluding diaryl/α,β-unsaturated/α-hetero) is 1. The van der Waals surface area contributed by atoms with E-state index in [4.69, 9.17) is 4.74 Å². The molecular formula is C13H18FNO2. The molecular weight excluding hydrogens is 221 g/mol. The third kappa shape index (κ3) is 4.06. The number of anilines is 1. The minimum atomic E-state index is -0.372. The lowest BCUT2D eigenvalue weighted by Crippen LogP contribution is -2.19. The molecule has 1 aromatic rings. The molecule has 0 radical (unpaired) electrons. The van der Waals surface area contributed by atoms with Crippen molar-refractivity contribution < 1.29 is 13.9 Å². The van der Waals surface area contributed by atoms with Crippen molar-refractivity contribution in [2.75, 3.05) is 25.6 Å². The summed E-state index contributed by atoms with van der Waals surface area (Å²) in [6, 6.07) is 4.84. The minimum Gasteiger partial charge on any atom is -0.494 e. The van der Waals surface area contributed by atoms with E-state index in [2.05, 4.69) is 0 Å². The summed E-state index contributed by atoms with van der Waals surface area (Å²) < 4.78 is 18.3. The number of rotatable bonds is 6. The van der Waals surface area contributed by atoms with Crippen molar-refractivity contribution in [1.29, 1.82) is 0 Å². The van der Waals surface area contributed by atoms with E-state index in [0.717, 1.165) is 18.7 Å². The largest absolute Gasteiger partial charge is 0.494 e. The first-order chi connectivity index (χ1) is 8.04. The zero-order valence-electron chi connectivity index (χ0n) is 10.5. The first-order valence-corrected chi connectivity index (χ1v) is 5.58. The van der Waals surface area contributed by atoms with E-state index in [1.165, 1.54) is 13.2 Å². The van der Waals surface area contributed by atoms with E-state index >= 15 is 0 Å². The fourth-order valence-electron chi connectivity index (χ4n) is 1.59. The molecule has 0 spiro atoms. The molecule has 0 atom stereocenters. The van der Waals surface area contributed by atoms with Gasteiger partial charge in [0.1, 0.15) is 5.78 Å². The molecule has 0 N–H and O–H groups in total. The fourth-order valence-corrected chi connectivity index (χ4v) is 1.59. The van der Waals surface area contributed by atoms with Crippen LogP contribution >= 0.6 is 0 Å². The van der Waals surface area contributed by atoms with Crippen LogP contribution in [0.5, 0.6) is 5.75 Å². The van der Waals surface area contributed by atoms with Gasteiger partial charge in [0.05, 0.1) is 7.11 Å². The van der Waals surface area contributed by atoms with Gasteiger partial charge in [-0.1, -0.05) is 0 Å². The molecule has 4 heteroatoms. The van der Waals surface area contributed by atoms with Crippen LogP contribution in [0.1, 0.15) is 19.8 Å². The van der Waals surface area contributed by atoms with Crippen molar-refractivity contribution >= 4 is 11.5 Å². The zero-order valence-corrected chi connectivity index (χ0v) is 10.5. The third-order valence-corrected chi connectivity index (χ3v) is 2.60. The molecule has 0 unspecified atom stereocenters. The SMILES string of the molecule is COc1ccc(N(C)CCCC(C)=O)cc1F. The number of halogens is 1. The molecule has 0 aliphatic carbocycles. The van der Waals surface area contributed by atoms with Crippen LogP contribution in [0.3, 0.4) is 0 Å². The van der Waals surface area contributed by atoms with Gasteiger partial charge in [-0.05, 0) is 25.5 Å². The summed E-state index contributed by atoms with van der Waals surface area (Å²) in [6.07, 6.45) is 1.34. The summed E-state index contributed by atoms with van der Waals surface area (Å²) in [5.74, 6) is 0.0496. The molecule has 0 saturated carbocycles. The number of carbonyl (C=O) groups is 1. The minimum absolute atomic E-state index is 0.180. The highest BCUT2D eigenvalue weighted by Gasteiger charge is 2.07. The average molecular weight is 239 g/mol. The molecule has 0 fully saturated rings. The van der Waals surface area contributed by atoms with Crippen molar-refractivity contribution in [3.8, 4) is 5.75 Å². The van der Waals surface area contributed by atoms with Crippen LogP contribution in [0.25, 0.3) is 0 Å². The quantitative estimate of drug-likeness (QED) is 0.764. The van der Waals surface area contributed by atoms with E-state index in [0.29, 0.717) is 6.42 Å². The maximum absolute atomic E-state index is 13.5. The Morgan fingerprint density at radius 1 is 1.47 bits per heavy atom. The summed E-state index contributed by atoms with van der Waals surface area (Å²) in [4.78, 5) is 12.7. The number of carbonyl (C=O) groups excluding carboxylic acids is 1. The fraction of sp³-hybridized carbons (Fsp3) is 0.462. The van der Waals surface area contributed by atoms with Crippen molar-refractivity contribution in [1.82, 2.24) is 0 Å². The predicted octanol–water partition coefficient (Wildman–Crippen LogP) is 2.64. The summed E-state index contributed by atoms with van der Waals surface area (Å²) in [7, 11) is 3.32. The molecule has 0 bridgehead atoms. The molecule has 0 aromatic heterocycles. The summed E-state index contributed by atoms with van der Waals surface area (Å²) in [6.45, 7) is 2.30. The second kappa shape index (κ2) is 6.23. The van der Waals surface area contributed by atoms with Gasteiger partial charge in [-0.3, -0.25) is 0 Å². The second-order valence-corrected chi connectivity index (χ2v) is 4.05. The molecule has 17 heavy (non-hydrogen) atoms. The van der Waals surface area contributed by atoms with Crippen LogP contribution in [0.4, 0.5) is 10.1 Å². The number of ether oxygens (including phenoxy) is 1. The van der Waals surface area contributed by atoms with Crippen LogP contribution in [-0.2, 0) is 4.79 Å². The first-order valence-electron chi connectivity index (χ1n) is 5.58.